The zero-order valence-corrected chi connectivity index (χ0v) is 18.5. The molecule has 0 saturated heterocycles. The summed E-state index contributed by atoms with van der Waals surface area (Å²) in [6.07, 6.45) is 0. The molecule has 6 heteroatoms. The summed E-state index contributed by atoms with van der Waals surface area (Å²) in [5.41, 5.74) is 2.09. The average Bonchev–Trinajstić information content (AvgIpc) is 2.99. The van der Waals surface area contributed by atoms with Crippen molar-refractivity contribution in [1.29, 1.82) is 0 Å². The van der Waals surface area contributed by atoms with Crippen molar-refractivity contribution in [2.75, 3.05) is 7.11 Å². The van der Waals surface area contributed by atoms with Gasteiger partial charge in [-0.25, -0.2) is 9.48 Å². The third-order valence-electron chi connectivity index (χ3n) is 4.34. The lowest BCUT2D eigenvalue weighted by Crippen LogP contribution is -2.25. The second-order valence-corrected chi connectivity index (χ2v) is 8.92. The van der Waals surface area contributed by atoms with Gasteiger partial charge in [-0.1, -0.05) is 35.5 Å². The van der Waals surface area contributed by atoms with Gasteiger partial charge in [0.1, 0.15) is 5.75 Å². The molecular formula is C23H26N2O3S. The number of hydrogen-bond acceptors (Lipinski definition) is 5. The standard InChI is InChI=1S/C23H26N2O3S/c1-15-10-12-19(13-11-15)29-20-16(2)24-25(23(3,4)5)21(20)28-22(26)17-8-7-9-18(14-17)27-6/h7-14H,1-6H3. The van der Waals surface area contributed by atoms with E-state index in [1.165, 1.54) is 5.56 Å². The summed E-state index contributed by atoms with van der Waals surface area (Å²) in [5, 5.41) is 4.67. The number of aromatic nitrogens is 2. The second kappa shape index (κ2) is 8.33. The molecule has 0 atom stereocenters. The number of rotatable bonds is 5. The van der Waals surface area contributed by atoms with Gasteiger partial charge >= 0.3 is 5.97 Å². The van der Waals surface area contributed by atoms with Crippen LogP contribution >= 0.6 is 11.8 Å². The highest BCUT2D eigenvalue weighted by molar-refractivity contribution is 7.99. The molecule has 0 aliphatic heterocycles. The molecule has 1 aromatic heterocycles. The van der Waals surface area contributed by atoms with Gasteiger partial charge in [-0.15, -0.1) is 0 Å². The number of ether oxygens (including phenoxy) is 2. The maximum absolute atomic E-state index is 12.9. The SMILES string of the molecule is COc1cccc(C(=O)Oc2c(Sc3ccc(C)cc3)c(C)nn2C(C)(C)C)c1. The van der Waals surface area contributed by atoms with Crippen LogP contribution in [-0.4, -0.2) is 22.9 Å². The molecule has 0 radical (unpaired) electrons. The predicted molar refractivity (Wildman–Crippen MR) is 115 cm³/mol. The molecule has 0 saturated carbocycles. The van der Waals surface area contributed by atoms with E-state index in [9.17, 15) is 4.79 Å². The van der Waals surface area contributed by atoms with Crippen molar-refractivity contribution in [3.8, 4) is 11.6 Å². The zero-order valence-electron chi connectivity index (χ0n) is 17.6. The van der Waals surface area contributed by atoms with E-state index in [0.29, 0.717) is 17.2 Å². The number of nitrogens with zero attached hydrogens (tertiary/aromatic N) is 2. The molecule has 2 aromatic carbocycles. The molecule has 0 spiro atoms. The van der Waals surface area contributed by atoms with E-state index in [1.807, 2.05) is 27.7 Å². The highest BCUT2D eigenvalue weighted by Crippen LogP contribution is 2.40. The van der Waals surface area contributed by atoms with Crippen LogP contribution in [0.25, 0.3) is 0 Å². The van der Waals surface area contributed by atoms with Crippen LogP contribution in [0.3, 0.4) is 0 Å². The minimum Gasteiger partial charge on any atom is -0.497 e. The zero-order chi connectivity index (χ0) is 21.2. The minimum absolute atomic E-state index is 0.346. The number of aryl methyl sites for hydroxylation is 2. The fourth-order valence-electron chi connectivity index (χ4n) is 2.77. The van der Waals surface area contributed by atoms with Gasteiger partial charge in [-0.2, -0.15) is 5.10 Å². The van der Waals surface area contributed by atoms with Crippen molar-refractivity contribution in [1.82, 2.24) is 9.78 Å². The molecule has 5 nitrogen and oxygen atoms in total. The van der Waals surface area contributed by atoms with Crippen molar-refractivity contribution in [3.63, 3.8) is 0 Å². The van der Waals surface area contributed by atoms with E-state index in [1.54, 1.807) is 47.8 Å². The Kier molecular flexibility index (Phi) is 6.03. The Morgan fingerprint density at radius 2 is 1.76 bits per heavy atom. The van der Waals surface area contributed by atoms with E-state index in [0.717, 1.165) is 15.5 Å². The summed E-state index contributed by atoms with van der Waals surface area (Å²) in [6, 6.07) is 15.2. The van der Waals surface area contributed by atoms with Gasteiger partial charge in [0.05, 0.1) is 28.8 Å². The molecule has 0 fully saturated rings. The third kappa shape index (κ3) is 4.82. The minimum atomic E-state index is -0.444. The molecule has 0 aliphatic rings. The molecule has 0 aliphatic carbocycles. The molecule has 29 heavy (non-hydrogen) atoms. The average molecular weight is 411 g/mol. The quantitative estimate of drug-likeness (QED) is 0.510. The summed E-state index contributed by atoms with van der Waals surface area (Å²) in [7, 11) is 1.57. The van der Waals surface area contributed by atoms with Crippen LogP contribution in [0.1, 0.15) is 42.4 Å². The third-order valence-corrected chi connectivity index (χ3v) is 5.52. The highest BCUT2D eigenvalue weighted by Gasteiger charge is 2.27. The fraction of sp³-hybridized carbons (Fsp3) is 0.304. The van der Waals surface area contributed by atoms with Crippen LogP contribution in [0.4, 0.5) is 0 Å². The molecule has 1 heterocycles. The number of esters is 1. The van der Waals surface area contributed by atoms with Crippen molar-refractivity contribution in [2.24, 2.45) is 0 Å². The molecule has 152 valence electrons. The maximum atomic E-state index is 12.9. The number of methoxy groups -OCH3 is 1. The first-order valence-corrected chi connectivity index (χ1v) is 10.2. The van der Waals surface area contributed by atoms with Crippen LogP contribution < -0.4 is 9.47 Å². The number of carbonyl (C=O) groups excluding carboxylic acids is 1. The van der Waals surface area contributed by atoms with E-state index < -0.39 is 5.97 Å². The lowest BCUT2D eigenvalue weighted by Gasteiger charge is -2.22. The number of benzene rings is 2. The van der Waals surface area contributed by atoms with Crippen LogP contribution in [0.15, 0.2) is 58.3 Å². The molecule has 3 rings (SSSR count). The van der Waals surface area contributed by atoms with Gasteiger partial charge < -0.3 is 9.47 Å². The van der Waals surface area contributed by atoms with E-state index >= 15 is 0 Å². The fourth-order valence-corrected chi connectivity index (χ4v) is 3.69. The largest absolute Gasteiger partial charge is 0.497 e. The molecule has 0 amide bonds. The van der Waals surface area contributed by atoms with Gasteiger partial charge in [0.25, 0.3) is 0 Å². The summed E-state index contributed by atoms with van der Waals surface area (Å²) in [4.78, 5) is 14.8. The Morgan fingerprint density at radius 1 is 1.07 bits per heavy atom. The van der Waals surface area contributed by atoms with Gasteiger partial charge in [0.15, 0.2) is 0 Å². The van der Waals surface area contributed by atoms with Crippen LogP contribution in [0.2, 0.25) is 0 Å². The number of hydrogen-bond donors (Lipinski definition) is 0. The number of carbonyl (C=O) groups is 1. The normalized spacial score (nSPS) is 11.4. The van der Waals surface area contributed by atoms with Crippen molar-refractivity contribution < 1.29 is 14.3 Å². The van der Waals surface area contributed by atoms with Crippen LogP contribution in [0, 0.1) is 13.8 Å². The summed E-state index contributed by atoms with van der Waals surface area (Å²) in [5.74, 6) is 0.614. The first-order chi connectivity index (χ1) is 13.7. The summed E-state index contributed by atoms with van der Waals surface area (Å²) < 4.78 is 12.9. The molecule has 3 aromatic rings. The van der Waals surface area contributed by atoms with Crippen molar-refractivity contribution in [3.05, 3.63) is 65.4 Å². The second-order valence-electron chi connectivity index (χ2n) is 7.84. The van der Waals surface area contributed by atoms with Crippen LogP contribution in [-0.2, 0) is 5.54 Å². The lowest BCUT2D eigenvalue weighted by molar-refractivity contribution is 0.0703. The monoisotopic (exact) mass is 410 g/mol. The lowest BCUT2D eigenvalue weighted by atomic mass is 10.1. The predicted octanol–water partition coefficient (Wildman–Crippen LogP) is 5.63. The maximum Gasteiger partial charge on any atom is 0.345 e. The molecule has 0 unspecified atom stereocenters. The molecule has 0 bridgehead atoms. The topological polar surface area (TPSA) is 53.4 Å². The van der Waals surface area contributed by atoms with E-state index in [-0.39, 0.29) is 5.54 Å². The Hall–Kier alpha value is -2.73. The Balaban J connectivity index is 2.00. The van der Waals surface area contributed by atoms with Crippen LogP contribution in [0.5, 0.6) is 11.6 Å². The smallest absolute Gasteiger partial charge is 0.345 e. The van der Waals surface area contributed by atoms with E-state index in [2.05, 4.69) is 36.3 Å². The van der Waals surface area contributed by atoms with Gasteiger partial charge in [-0.05, 0) is 65.0 Å². The van der Waals surface area contributed by atoms with Gasteiger partial charge in [-0.3, -0.25) is 0 Å². The first-order valence-electron chi connectivity index (χ1n) is 9.40. The van der Waals surface area contributed by atoms with Crippen molar-refractivity contribution >= 4 is 17.7 Å². The Bertz CT molecular complexity index is 1020. The van der Waals surface area contributed by atoms with Gasteiger partial charge in [0, 0.05) is 4.90 Å². The molecule has 0 N–H and O–H groups in total. The van der Waals surface area contributed by atoms with Gasteiger partial charge in [0.2, 0.25) is 5.88 Å². The summed E-state index contributed by atoms with van der Waals surface area (Å²) >= 11 is 1.55. The first kappa shape index (κ1) is 21.0. The highest BCUT2D eigenvalue weighted by atomic mass is 32.2. The van der Waals surface area contributed by atoms with Crippen molar-refractivity contribution in [2.45, 2.75) is 49.9 Å². The Morgan fingerprint density at radius 3 is 2.38 bits per heavy atom. The van der Waals surface area contributed by atoms with E-state index in [4.69, 9.17) is 9.47 Å². The molecular weight excluding hydrogens is 384 g/mol. The summed E-state index contributed by atoms with van der Waals surface area (Å²) in [6.45, 7) is 10.1. The Labute approximate surface area is 176 Å².